The van der Waals surface area contributed by atoms with E-state index >= 15 is 0 Å². The highest BCUT2D eigenvalue weighted by Gasteiger charge is 2.25. The van der Waals surface area contributed by atoms with E-state index in [4.69, 9.17) is 11.6 Å². The van der Waals surface area contributed by atoms with Crippen molar-refractivity contribution in [1.29, 1.82) is 0 Å². The lowest BCUT2D eigenvalue weighted by Crippen LogP contribution is -2.22. The zero-order chi connectivity index (χ0) is 14.7. The second-order valence-corrected chi connectivity index (χ2v) is 6.08. The van der Waals surface area contributed by atoms with Crippen molar-refractivity contribution < 1.29 is 0 Å². The van der Waals surface area contributed by atoms with E-state index in [-0.39, 0.29) is 0 Å². The normalized spacial score (nSPS) is 18.2. The summed E-state index contributed by atoms with van der Waals surface area (Å²) in [4.78, 5) is 2.47. The summed E-state index contributed by atoms with van der Waals surface area (Å²) in [6.45, 7) is 3.04. The Balaban J connectivity index is 1.81. The predicted molar refractivity (Wildman–Crippen MR) is 90.2 cm³/mol. The second-order valence-electron chi connectivity index (χ2n) is 5.65. The van der Waals surface area contributed by atoms with Crippen LogP contribution in [0.4, 0.5) is 5.69 Å². The van der Waals surface area contributed by atoms with Gasteiger partial charge in [0.2, 0.25) is 0 Å². The van der Waals surface area contributed by atoms with E-state index in [0.29, 0.717) is 5.92 Å². The maximum Gasteiger partial charge on any atom is 0.0426 e. The van der Waals surface area contributed by atoms with Crippen molar-refractivity contribution in [2.24, 2.45) is 0 Å². The maximum atomic E-state index is 6.20. The summed E-state index contributed by atoms with van der Waals surface area (Å²) in [5.74, 6) is 0.618. The molecule has 1 aliphatic rings. The molecule has 0 aromatic heterocycles. The number of hydrogen-bond donors (Lipinski definition) is 1. The zero-order valence-electron chi connectivity index (χ0n) is 12.3. The summed E-state index contributed by atoms with van der Waals surface area (Å²) in [6, 6.07) is 17.0. The molecule has 2 nitrogen and oxygen atoms in total. The summed E-state index contributed by atoms with van der Waals surface area (Å²) < 4.78 is 0. The van der Waals surface area contributed by atoms with Gasteiger partial charge in [0, 0.05) is 36.3 Å². The van der Waals surface area contributed by atoms with Crippen molar-refractivity contribution in [3.05, 3.63) is 64.7 Å². The topological polar surface area (TPSA) is 15.3 Å². The second kappa shape index (κ2) is 6.50. The lowest BCUT2D eigenvalue weighted by atomic mass is 9.99. The minimum absolute atomic E-state index is 0.618. The van der Waals surface area contributed by atoms with E-state index < -0.39 is 0 Å². The van der Waals surface area contributed by atoms with E-state index in [0.717, 1.165) is 24.7 Å². The summed E-state index contributed by atoms with van der Waals surface area (Å²) in [5.41, 5.74) is 4.03. The van der Waals surface area contributed by atoms with Crippen LogP contribution in [0.5, 0.6) is 0 Å². The molecular weight excluding hydrogens is 280 g/mol. The summed E-state index contributed by atoms with van der Waals surface area (Å²) in [5, 5.41) is 4.05. The molecule has 1 atom stereocenters. The van der Waals surface area contributed by atoms with Gasteiger partial charge in [-0.25, -0.2) is 0 Å². The van der Waals surface area contributed by atoms with Gasteiger partial charge < -0.3 is 10.2 Å². The Kier molecular flexibility index (Phi) is 4.47. The Morgan fingerprint density at radius 3 is 2.76 bits per heavy atom. The first-order valence-corrected chi connectivity index (χ1v) is 7.88. The van der Waals surface area contributed by atoms with Crippen molar-refractivity contribution in [1.82, 2.24) is 5.32 Å². The highest BCUT2D eigenvalue weighted by Crippen LogP contribution is 2.33. The Hall–Kier alpha value is -1.51. The van der Waals surface area contributed by atoms with Gasteiger partial charge in [-0.15, -0.1) is 0 Å². The molecule has 1 N–H and O–H groups in total. The molecule has 2 aromatic rings. The molecule has 110 valence electrons. The SMILES string of the molecule is CNCc1ccc(Cl)cc1N1CCC(c2ccccc2)C1. The van der Waals surface area contributed by atoms with Crippen LogP contribution >= 0.6 is 11.6 Å². The third-order valence-electron chi connectivity index (χ3n) is 4.21. The van der Waals surface area contributed by atoms with Crippen LogP contribution < -0.4 is 10.2 Å². The van der Waals surface area contributed by atoms with Crippen LogP contribution in [0.15, 0.2) is 48.5 Å². The average molecular weight is 301 g/mol. The van der Waals surface area contributed by atoms with Crippen LogP contribution in [0.2, 0.25) is 5.02 Å². The van der Waals surface area contributed by atoms with Crippen LogP contribution in [-0.2, 0) is 6.54 Å². The molecular formula is C18H21ClN2. The molecule has 21 heavy (non-hydrogen) atoms. The number of benzene rings is 2. The van der Waals surface area contributed by atoms with Gasteiger partial charge in [0.05, 0.1) is 0 Å². The van der Waals surface area contributed by atoms with Gasteiger partial charge in [-0.05, 0) is 36.7 Å². The van der Waals surface area contributed by atoms with Crippen molar-refractivity contribution in [2.75, 3.05) is 25.0 Å². The van der Waals surface area contributed by atoms with Crippen LogP contribution in [0.3, 0.4) is 0 Å². The van der Waals surface area contributed by atoms with E-state index in [1.165, 1.54) is 23.2 Å². The van der Waals surface area contributed by atoms with Crippen molar-refractivity contribution >= 4 is 17.3 Å². The molecule has 3 rings (SSSR count). The number of rotatable bonds is 4. The van der Waals surface area contributed by atoms with Crippen LogP contribution in [-0.4, -0.2) is 20.1 Å². The van der Waals surface area contributed by atoms with Gasteiger partial charge in [-0.3, -0.25) is 0 Å². The Morgan fingerprint density at radius 2 is 2.00 bits per heavy atom. The highest BCUT2D eigenvalue weighted by atomic mass is 35.5. The lowest BCUT2D eigenvalue weighted by molar-refractivity contribution is 0.773. The molecule has 3 heteroatoms. The van der Waals surface area contributed by atoms with Crippen LogP contribution in [0.1, 0.15) is 23.5 Å². The van der Waals surface area contributed by atoms with Gasteiger partial charge in [-0.1, -0.05) is 48.0 Å². The van der Waals surface area contributed by atoms with E-state index in [1.807, 2.05) is 13.1 Å². The molecule has 1 heterocycles. The van der Waals surface area contributed by atoms with Gasteiger partial charge in [-0.2, -0.15) is 0 Å². The Labute approximate surface area is 131 Å². The molecule has 0 radical (unpaired) electrons. The first-order chi connectivity index (χ1) is 10.3. The van der Waals surface area contributed by atoms with Crippen LogP contribution in [0, 0.1) is 0 Å². The van der Waals surface area contributed by atoms with Crippen LogP contribution in [0.25, 0.3) is 0 Å². The van der Waals surface area contributed by atoms with Gasteiger partial charge >= 0.3 is 0 Å². The number of halogens is 1. The molecule has 0 aliphatic carbocycles. The van der Waals surface area contributed by atoms with E-state index in [2.05, 4.69) is 52.7 Å². The Bertz CT molecular complexity index is 597. The maximum absolute atomic E-state index is 6.20. The zero-order valence-corrected chi connectivity index (χ0v) is 13.1. The molecule has 1 aliphatic heterocycles. The molecule has 1 saturated heterocycles. The van der Waals surface area contributed by atoms with E-state index in [1.54, 1.807) is 0 Å². The summed E-state index contributed by atoms with van der Waals surface area (Å²) >= 11 is 6.20. The molecule has 0 bridgehead atoms. The first kappa shape index (κ1) is 14.4. The molecule has 0 saturated carbocycles. The van der Waals surface area contributed by atoms with E-state index in [9.17, 15) is 0 Å². The number of anilines is 1. The predicted octanol–water partition coefficient (Wildman–Crippen LogP) is 4.05. The third kappa shape index (κ3) is 3.22. The van der Waals surface area contributed by atoms with Crippen molar-refractivity contribution in [3.63, 3.8) is 0 Å². The quantitative estimate of drug-likeness (QED) is 0.916. The monoisotopic (exact) mass is 300 g/mol. The lowest BCUT2D eigenvalue weighted by Gasteiger charge is -2.22. The number of nitrogens with zero attached hydrogens (tertiary/aromatic N) is 1. The fourth-order valence-corrected chi connectivity index (χ4v) is 3.31. The minimum Gasteiger partial charge on any atom is -0.371 e. The first-order valence-electron chi connectivity index (χ1n) is 7.51. The standard InChI is InChI=1S/C18H21ClN2/c1-20-12-15-7-8-17(19)11-18(15)21-10-9-16(13-21)14-5-3-2-4-6-14/h2-8,11,16,20H,9-10,12-13H2,1H3. The Morgan fingerprint density at radius 1 is 1.19 bits per heavy atom. The third-order valence-corrected chi connectivity index (χ3v) is 4.45. The molecule has 0 amide bonds. The molecule has 2 aromatic carbocycles. The van der Waals surface area contributed by atoms with Gasteiger partial charge in [0.25, 0.3) is 0 Å². The fourth-order valence-electron chi connectivity index (χ4n) is 3.15. The largest absolute Gasteiger partial charge is 0.371 e. The molecule has 0 spiro atoms. The fraction of sp³-hybridized carbons (Fsp3) is 0.333. The summed E-state index contributed by atoms with van der Waals surface area (Å²) in [7, 11) is 1.98. The van der Waals surface area contributed by atoms with Gasteiger partial charge in [0.15, 0.2) is 0 Å². The summed E-state index contributed by atoms with van der Waals surface area (Å²) in [6.07, 6.45) is 1.20. The van der Waals surface area contributed by atoms with Gasteiger partial charge in [0.1, 0.15) is 0 Å². The number of hydrogen-bond acceptors (Lipinski definition) is 2. The number of nitrogens with one attached hydrogen (secondary N) is 1. The van der Waals surface area contributed by atoms with Crippen molar-refractivity contribution in [2.45, 2.75) is 18.9 Å². The molecule has 1 unspecified atom stereocenters. The average Bonchev–Trinajstić information content (AvgIpc) is 3.00. The van der Waals surface area contributed by atoms with Crippen molar-refractivity contribution in [3.8, 4) is 0 Å². The highest BCUT2D eigenvalue weighted by molar-refractivity contribution is 6.30. The smallest absolute Gasteiger partial charge is 0.0426 e. The molecule has 1 fully saturated rings. The minimum atomic E-state index is 0.618.